The molecule has 0 aliphatic carbocycles. The van der Waals surface area contributed by atoms with E-state index in [-0.39, 0.29) is 10.9 Å². The lowest BCUT2D eigenvalue weighted by Crippen LogP contribution is -2.25. The zero-order valence-corrected chi connectivity index (χ0v) is 23.4. The standard InChI is InChI=1S/C34H37O2P/c1-5-34(6-2,37-32-20-14-13-19-30(32)25(3)35)31-24-28(21-26-15-9-7-10-16-26)23-29(33(31)36-4)22-27-17-11-8-12-18-27/h7-20,23-24,37H,5-6,21-22H2,1-4H3. The van der Waals surface area contributed by atoms with Gasteiger partial charge in [0, 0.05) is 22.7 Å². The van der Waals surface area contributed by atoms with Crippen LogP contribution in [0.3, 0.4) is 0 Å². The van der Waals surface area contributed by atoms with Crippen LogP contribution in [-0.4, -0.2) is 12.9 Å². The fraction of sp³-hybridized carbons (Fsp3) is 0.265. The Morgan fingerprint density at radius 1 is 0.757 bits per heavy atom. The van der Waals surface area contributed by atoms with Gasteiger partial charge < -0.3 is 4.74 Å². The Labute approximate surface area is 223 Å². The quantitative estimate of drug-likeness (QED) is 0.151. The van der Waals surface area contributed by atoms with Gasteiger partial charge in [0.15, 0.2) is 5.78 Å². The van der Waals surface area contributed by atoms with Crippen LogP contribution in [0.2, 0.25) is 0 Å². The van der Waals surface area contributed by atoms with Crippen molar-refractivity contribution >= 4 is 19.7 Å². The van der Waals surface area contributed by atoms with E-state index in [9.17, 15) is 4.79 Å². The molecule has 0 saturated heterocycles. The topological polar surface area (TPSA) is 26.3 Å². The monoisotopic (exact) mass is 508 g/mol. The third-order valence-corrected chi connectivity index (χ3v) is 9.48. The van der Waals surface area contributed by atoms with E-state index in [0.29, 0.717) is 8.58 Å². The molecule has 4 aromatic carbocycles. The lowest BCUT2D eigenvalue weighted by atomic mass is 9.86. The van der Waals surface area contributed by atoms with Gasteiger partial charge in [0.1, 0.15) is 5.75 Å². The normalized spacial score (nSPS) is 11.7. The number of ether oxygens (including phenoxy) is 1. The van der Waals surface area contributed by atoms with Crippen molar-refractivity contribution in [1.29, 1.82) is 0 Å². The van der Waals surface area contributed by atoms with Crippen molar-refractivity contribution in [3.05, 3.63) is 130 Å². The minimum Gasteiger partial charge on any atom is -0.496 e. The summed E-state index contributed by atoms with van der Waals surface area (Å²) in [5.74, 6) is 1.11. The molecular formula is C34H37O2P. The van der Waals surface area contributed by atoms with Crippen LogP contribution < -0.4 is 10.0 Å². The number of benzene rings is 4. The van der Waals surface area contributed by atoms with Crippen molar-refractivity contribution in [2.45, 2.75) is 51.6 Å². The zero-order chi connectivity index (χ0) is 26.3. The predicted octanol–water partition coefficient (Wildman–Crippen LogP) is 8.10. The SMILES string of the molecule is CCC(CC)(Pc1ccccc1C(C)=O)c1cc(Cc2ccccc2)cc(Cc2ccccc2)c1OC. The van der Waals surface area contributed by atoms with E-state index in [1.54, 1.807) is 14.0 Å². The number of carbonyl (C=O) groups excluding carboxylic acids is 1. The molecule has 0 aliphatic rings. The molecular weight excluding hydrogens is 471 g/mol. The first-order valence-corrected chi connectivity index (χ1v) is 14.2. The summed E-state index contributed by atoms with van der Waals surface area (Å²) in [4.78, 5) is 12.5. The average Bonchev–Trinajstić information content (AvgIpc) is 2.93. The predicted molar refractivity (Wildman–Crippen MR) is 158 cm³/mol. The van der Waals surface area contributed by atoms with E-state index in [1.807, 2.05) is 12.1 Å². The summed E-state index contributed by atoms with van der Waals surface area (Å²) in [6.45, 7) is 6.21. The molecule has 0 fully saturated rings. The van der Waals surface area contributed by atoms with Gasteiger partial charge in [-0.15, -0.1) is 0 Å². The van der Waals surface area contributed by atoms with E-state index in [4.69, 9.17) is 4.74 Å². The summed E-state index contributed by atoms with van der Waals surface area (Å²) in [6.07, 6.45) is 3.61. The minimum absolute atomic E-state index is 0.124. The van der Waals surface area contributed by atoms with Crippen LogP contribution in [0.4, 0.5) is 0 Å². The van der Waals surface area contributed by atoms with E-state index in [2.05, 4.69) is 98.8 Å². The van der Waals surface area contributed by atoms with Gasteiger partial charge in [-0.3, -0.25) is 4.79 Å². The molecule has 1 unspecified atom stereocenters. The molecule has 0 aromatic heterocycles. The van der Waals surface area contributed by atoms with Crippen molar-refractivity contribution in [1.82, 2.24) is 0 Å². The molecule has 4 aromatic rings. The van der Waals surface area contributed by atoms with Gasteiger partial charge in [0.2, 0.25) is 0 Å². The molecule has 0 amide bonds. The van der Waals surface area contributed by atoms with Crippen LogP contribution in [0.15, 0.2) is 97.1 Å². The summed E-state index contributed by atoms with van der Waals surface area (Å²) in [5.41, 5.74) is 7.17. The van der Waals surface area contributed by atoms with Crippen LogP contribution in [0, 0.1) is 0 Å². The van der Waals surface area contributed by atoms with Gasteiger partial charge in [0.25, 0.3) is 0 Å². The van der Waals surface area contributed by atoms with Crippen molar-refractivity contribution < 1.29 is 9.53 Å². The first-order chi connectivity index (χ1) is 18.0. The first kappa shape index (κ1) is 26.8. The lowest BCUT2D eigenvalue weighted by molar-refractivity contribution is 0.101. The maximum absolute atomic E-state index is 12.5. The molecule has 4 rings (SSSR count). The average molecular weight is 509 g/mol. The highest BCUT2D eigenvalue weighted by molar-refractivity contribution is 7.48. The number of rotatable bonds is 11. The molecule has 0 heterocycles. The van der Waals surface area contributed by atoms with Crippen molar-refractivity contribution in [2.24, 2.45) is 0 Å². The Morgan fingerprint density at radius 2 is 1.32 bits per heavy atom. The molecule has 0 saturated carbocycles. The lowest BCUT2D eigenvalue weighted by Gasteiger charge is -2.35. The van der Waals surface area contributed by atoms with Crippen LogP contribution in [-0.2, 0) is 18.0 Å². The number of Topliss-reactive ketones (excluding diaryl/α,β-unsaturated/α-hetero) is 1. The van der Waals surface area contributed by atoms with Gasteiger partial charge in [-0.05, 0) is 53.7 Å². The molecule has 37 heavy (non-hydrogen) atoms. The third-order valence-electron chi connectivity index (χ3n) is 7.32. The van der Waals surface area contributed by atoms with Crippen LogP contribution in [0.25, 0.3) is 0 Å². The molecule has 0 radical (unpaired) electrons. The van der Waals surface area contributed by atoms with Gasteiger partial charge in [-0.2, -0.15) is 0 Å². The van der Waals surface area contributed by atoms with Gasteiger partial charge in [-0.1, -0.05) is 119 Å². The highest BCUT2D eigenvalue weighted by Gasteiger charge is 2.34. The summed E-state index contributed by atoms with van der Waals surface area (Å²) in [6, 6.07) is 34.1. The maximum Gasteiger partial charge on any atom is 0.160 e. The summed E-state index contributed by atoms with van der Waals surface area (Å²) in [5, 5.41) is 1.01. The number of ketones is 1. The van der Waals surface area contributed by atoms with E-state index in [0.717, 1.165) is 42.3 Å². The Balaban J connectivity index is 1.88. The number of hydrogen-bond acceptors (Lipinski definition) is 2. The Kier molecular flexibility index (Phi) is 8.95. The fourth-order valence-electron chi connectivity index (χ4n) is 5.26. The largest absolute Gasteiger partial charge is 0.496 e. The number of hydrogen-bond donors (Lipinski definition) is 0. The van der Waals surface area contributed by atoms with Crippen LogP contribution in [0.5, 0.6) is 5.75 Å². The minimum atomic E-state index is -0.130. The number of carbonyl (C=O) groups is 1. The maximum atomic E-state index is 12.5. The van der Waals surface area contributed by atoms with Crippen LogP contribution in [0.1, 0.15) is 71.8 Å². The second-order valence-corrected chi connectivity index (χ2v) is 11.4. The Bertz CT molecular complexity index is 1320. The van der Waals surface area contributed by atoms with Crippen molar-refractivity contribution in [3.8, 4) is 5.75 Å². The Hall–Kier alpha value is -3.22. The number of methoxy groups -OCH3 is 1. The van der Waals surface area contributed by atoms with Gasteiger partial charge >= 0.3 is 0 Å². The smallest absolute Gasteiger partial charge is 0.160 e. The van der Waals surface area contributed by atoms with E-state index >= 15 is 0 Å². The van der Waals surface area contributed by atoms with Crippen molar-refractivity contribution in [2.75, 3.05) is 7.11 Å². The molecule has 190 valence electrons. The summed E-state index contributed by atoms with van der Waals surface area (Å²) >= 11 is 0. The zero-order valence-electron chi connectivity index (χ0n) is 22.4. The molecule has 3 heteroatoms. The first-order valence-electron chi connectivity index (χ1n) is 13.2. The highest BCUT2D eigenvalue weighted by Crippen LogP contribution is 2.51. The van der Waals surface area contributed by atoms with Gasteiger partial charge in [0.05, 0.1) is 7.11 Å². The molecule has 0 bridgehead atoms. The third kappa shape index (κ3) is 6.20. The van der Waals surface area contributed by atoms with Crippen LogP contribution >= 0.6 is 8.58 Å². The van der Waals surface area contributed by atoms with Gasteiger partial charge in [-0.25, -0.2) is 0 Å². The molecule has 1 atom stereocenters. The summed E-state index contributed by atoms with van der Waals surface area (Å²) in [7, 11) is 2.26. The second kappa shape index (κ2) is 12.3. The summed E-state index contributed by atoms with van der Waals surface area (Å²) < 4.78 is 6.22. The molecule has 0 aliphatic heterocycles. The fourth-order valence-corrected chi connectivity index (χ4v) is 7.03. The molecule has 0 spiro atoms. The van der Waals surface area contributed by atoms with E-state index < -0.39 is 0 Å². The van der Waals surface area contributed by atoms with E-state index in [1.165, 1.54) is 27.8 Å². The second-order valence-electron chi connectivity index (χ2n) is 9.68. The van der Waals surface area contributed by atoms with Crippen molar-refractivity contribution in [3.63, 3.8) is 0 Å². The highest BCUT2D eigenvalue weighted by atomic mass is 31.1. The molecule has 2 nitrogen and oxygen atoms in total. The Morgan fingerprint density at radius 3 is 1.89 bits per heavy atom. The molecule has 0 N–H and O–H groups in total.